The van der Waals surface area contributed by atoms with Crippen molar-refractivity contribution in [1.29, 1.82) is 0 Å². The Morgan fingerprint density at radius 2 is 1.81 bits per heavy atom. The molecule has 3 aromatic rings. The molecule has 2 bridgehead atoms. The maximum Gasteiger partial charge on any atom is 0.402 e. The lowest BCUT2D eigenvalue weighted by atomic mass is 9.79. The van der Waals surface area contributed by atoms with Crippen LogP contribution >= 0.6 is 11.3 Å². The van der Waals surface area contributed by atoms with Gasteiger partial charge in [-0.1, -0.05) is 30.3 Å². The van der Waals surface area contributed by atoms with Crippen molar-refractivity contribution in [1.82, 2.24) is 14.0 Å². The van der Waals surface area contributed by atoms with Crippen LogP contribution in [0.15, 0.2) is 48.7 Å². The highest BCUT2D eigenvalue weighted by Gasteiger charge is 2.60. The number of hydrogen-bond acceptors (Lipinski definition) is 4. The number of aromatic nitrogens is 1. The van der Waals surface area contributed by atoms with Crippen LogP contribution in [0.4, 0.5) is 17.6 Å². The van der Waals surface area contributed by atoms with Crippen LogP contribution in [0.3, 0.4) is 0 Å². The molecule has 0 amide bonds. The summed E-state index contributed by atoms with van der Waals surface area (Å²) in [5.41, 5.74) is 2.63. The first kappa shape index (κ1) is 24.0. The van der Waals surface area contributed by atoms with Crippen LogP contribution < -0.4 is 4.72 Å². The SMILES string of the molecule is O=S1(=O)NC2(CN1CC(F)(F)F)C1CCC2Cc2cc(-c3ncc(-c4ccccc4F)s3)ccc2C1. The van der Waals surface area contributed by atoms with Crippen molar-refractivity contribution >= 4 is 21.5 Å². The van der Waals surface area contributed by atoms with Crippen molar-refractivity contribution in [3.8, 4) is 21.0 Å². The van der Waals surface area contributed by atoms with E-state index < -0.39 is 28.5 Å². The van der Waals surface area contributed by atoms with Gasteiger partial charge in [0.05, 0.1) is 10.4 Å². The normalized spacial score (nSPS) is 27.3. The summed E-state index contributed by atoms with van der Waals surface area (Å²) in [6.45, 7) is -1.64. The number of alkyl halides is 3. The van der Waals surface area contributed by atoms with E-state index in [1.165, 1.54) is 17.4 Å². The van der Waals surface area contributed by atoms with E-state index in [1.54, 1.807) is 24.4 Å². The molecule has 2 aliphatic carbocycles. The second kappa shape index (κ2) is 8.34. The van der Waals surface area contributed by atoms with Gasteiger partial charge in [-0.15, -0.1) is 11.3 Å². The average molecular weight is 538 g/mol. The molecule has 6 rings (SSSR count). The molecule has 1 N–H and O–H groups in total. The quantitative estimate of drug-likeness (QED) is 0.468. The number of thiazole rings is 1. The van der Waals surface area contributed by atoms with E-state index in [2.05, 4.69) is 9.71 Å². The van der Waals surface area contributed by atoms with Gasteiger partial charge in [-0.05, 0) is 60.8 Å². The Hall–Kier alpha value is -2.34. The van der Waals surface area contributed by atoms with Gasteiger partial charge in [0, 0.05) is 23.9 Å². The molecule has 3 aliphatic rings. The molecule has 1 aromatic heterocycles. The zero-order valence-corrected chi connectivity index (χ0v) is 20.7. The van der Waals surface area contributed by atoms with Gasteiger partial charge in [0.1, 0.15) is 17.4 Å². The van der Waals surface area contributed by atoms with Gasteiger partial charge in [0.15, 0.2) is 0 Å². The van der Waals surface area contributed by atoms with Crippen molar-refractivity contribution in [2.24, 2.45) is 11.8 Å². The Labute approximate surface area is 210 Å². The predicted octanol–water partition coefficient (Wildman–Crippen LogP) is 5.19. The summed E-state index contributed by atoms with van der Waals surface area (Å²) in [7, 11) is -4.21. The molecule has 1 saturated heterocycles. The molecule has 2 heterocycles. The lowest BCUT2D eigenvalue weighted by Gasteiger charge is -2.33. The van der Waals surface area contributed by atoms with Gasteiger partial charge < -0.3 is 0 Å². The van der Waals surface area contributed by atoms with E-state index in [9.17, 15) is 26.0 Å². The standard InChI is InChI=1S/C25H23F4N3O2S2/c26-21-4-2-1-3-20(21)22-12-30-23(35-22)16-6-5-15-10-18-7-8-19(11-17(15)9-16)24(18)13-32(14-25(27,28)29)36(33,34)31-24/h1-6,9,12,18-19,31H,7-8,10-11,13-14H2. The third kappa shape index (κ3) is 4.06. The lowest BCUT2D eigenvalue weighted by molar-refractivity contribution is -0.136. The minimum Gasteiger partial charge on any atom is -0.244 e. The van der Waals surface area contributed by atoms with Crippen molar-refractivity contribution in [3.63, 3.8) is 0 Å². The molecule has 11 heteroatoms. The number of nitrogens with zero attached hydrogens (tertiary/aromatic N) is 2. The zero-order valence-electron chi connectivity index (χ0n) is 19.1. The van der Waals surface area contributed by atoms with Crippen LogP contribution in [0.1, 0.15) is 24.0 Å². The Bertz CT molecular complexity index is 1440. The third-order valence-electron chi connectivity index (χ3n) is 7.80. The lowest BCUT2D eigenvalue weighted by Crippen LogP contribution is -2.52. The van der Waals surface area contributed by atoms with Gasteiger partial charge in [-0.3, -0.25) is 0 Å². The van der Waals surface area contributed by atoms with Gasteiger partial charge in [0.2, 0.25) is 0 Å². The second-order valence-electron chi connectivity index (χ2n) is 9.90. The fourth-order valence-corrected chi connectivity index (χ4v) is 8.82. The smallest absolute Gasteiger partial charge is 0.244 e. The second-order valence-corrected chi connectivity index (χ2v) is 12.6. The number of benzene rings is 2. The third-order valence-corrected chi connectivity index (χ3v) is 10.5. The average Bonchev–Trinajstić information content (AvgIpc) is 3.43. The van der Waals surface area contributed by atoms with Crippen molar-refractivity contribution in [2.75, 3.05) is 13.1 Å². The molecular formula is C25H23F4N3O2S2. The fourth-order valence-electron chi connectivity index (χ4n) is 6.17. The number of fused-ring (bicyclic) bond motifs is 1. The molecule has 1 aliphatic heterocycles. The van der Waals surface area contributed by atoms with Crippen molar-refractivity contribution in [2.45, 2.75) is 37.4 Å². The molecule has 1 spiro atoms. The number of rotatable bonds is 3. The molecule has 2 fully saturated rings. The first-order chi connectivity index (χ1) is 17.0. The maximum absolute atomic E-state index is 14.2. The summed E-state index contributed by atoms with van der Waals surface area (Å²) in [6, 6.07) is 12.6. The Morgan fingerprint density at radius 1 is 1.08 bits per heavy atom. The highest BCUT2D eigenvalue weighted by atomic mass is 32.2. The van der Waals surface area contributed by atoms with Crippen molar-refractivity contribution < 1.29 is 26.0 Å². The fraction of sp³-hybridized carbons (Fsp3) is 0.400. The molecule has 190 valence electrons. The topological polar surface area (TPSA) is 62.3 Å². The minimum absolute atomic E-state index is 0.0740. The number of hydrogen-bond donors (Lipinski definition) is 1. The summed E-state index contributed by atoms with van der Waals surface area (Å²) in [5.74, 6) is -0.484. The Morgan fingerprint density at radius 3 is 2.53 bits per heavy atom. The van der Waals surface area contributed by atoms with Crippen molar-refractivity contribution in [3.05, 3.63) is 65.6 Å². The van der Waals surface area contributed by atoms with Crippen LogP contribution in [0.5, 0.6) is 0 Å². The largest absolute Gasteiger partial charge is 0.402 e. The van der Waals surface area contributed by atoms with Gasteiger partial charge in [-0.2, -0.15) is 30.6 Å². The summed E-state index contributed by atoms with van der Waals surface area (Å²) in [6.07, 6.45) is -0.237. The zero-order chi connectivity index (χ0) is 25.3. The predicted molar refractivity (Wildman–Crippen MR) is 129 cm³/mol. The van der Waals surface area contributed by atoms with E-state index in [0.717, 1.165) is 39.4 Å². The van der Waals surface area contributed by atoms with Crippen LogP contribution in [-0.4, -0.2) is 42.5 Å². The highest BCUT2D eigenvalue weighted by molar-refractivity contribution is 7.87. The van der Waals surface area contributed by atoms with Gasteiger partial charge in [0.25, 0.3) is 10.2 Å². The van der Waals surface area contributed by atoms with Crippen LogP contribution in [0.2, 0.25) is 0 Å². The van der Waals surface area contributed by atoms with Gasteiger partial charge >= 0.3 is 6.18 Å². The van der Waals surface area contributed by atoms with E-state index in [-0.39, 0.29) is 24.2 Å². The van der Waals surface area contributed by atoms with E-state index in [1.807, 2.05) is 18.2 Å². The van der Waals surface area contributed by atoms with E-state index in [0.29, 0.717) is 22.7 Å². The minimum atomic E-state index is -4.60. The first-order valence-electron chi connectivity index (χ1n) is 11.7. The summed E-state index contributed by atoms with van der Waals surface area (Å²) in [5, 5.41) is 0.748. The number of halogens is 4. The molecule has 2 aromatic carbocycles. The van der Waals surface area contributed by atoms with Crippen LogP contribution in [0, 0.1) is 17.7 Å². The summed E-state index contributed by atoms with van der Waals surface area (Å²) in [4.78, 5) is 5.23. The summed E-state index contributed by atoms with van der Waals surface area (Å²) < 4.78 is 82.1. The molecule has 3 unspecified atom stereocenters. The maximum atomic E-state index is 14.2. The molecule has 1 saturated carbocycles. The highest BCUT2D eigenvalue weighted by Crippen LogP contribution is 2.51. The Balaban J connectivity index is 1.30. The Kier molecular flexibility index (Phi) is 5.56. The molecule has 5 nitrogen and oxygen atoms in total. The van der Waals surface area contributed by atoms with Crippen LogP contribution in [0.25, 0.3) is 21.0 Å². The van der Waals surface area contributed by atoms with Gasteiger partial charge in [-0.25, -0.2) is 9.37 Å². The summed E-state index contributed by atoms with van der Waals surface area (Å²) >= 11 is 1.39. The first-order valence-corrected chi connectivity index (χ1v) is 14.0. The van der Waals surface area contributed by atoms with E-state index >= 15 is 0 Å². The molecule has 3 atom stereocenters. The van der Waals surface area contributed by atoms with E-state index in [4.69, 9.17) is 0 Å². The molecular weight excluding hydrogens is 514 g/mol. The molecule has 0 radical (unpaired) electrons. The van der Waals surface area contributed by atoms with Crippen LogP contribution in [-0.2, 0) is 23.1 Å². The molecule has 36 heavy (non-hydrogen) atoms. The number of nitrogens with one attached hydrogen (secondary N) is 1. The monoisotopic (exact) mass is 537 g/mol.